The maximum absolute atomic E-state index is 3.93. The van der Waals surface area contributed by atoms with Crippen LogP contribution in [-0.4, -0.2) is 20.6 Å². The van der Waals surface area contributed by atoms with Crippen LogP contribution >= 0.6 is 0 Å². The molecule has 2 aromatic carbocycles. The molecule has 0 bridgehead atoms. The Kier molecular flexibility index (Phi) is 3.37. The van der Waals surface area contributed by atoms with Gasteiger partial charge in [-0.15, -0.1) is 5.10 Å². The topological polar surface area (TPSA) is 54.5 Å². The predicted octanol–water partition coefficient (Wildman–Crippen LogP) is 3.10. The molecule has 20 heavy (non-hydrogen) atoms. The zero-order valence-corrected chi connectivity index (χ0v) is 11.1. The largest absolute Gasteiger partial charge is 0.239 e. The van der Waals surface area contributed by atoms with E-state index in [0.717, 1.165) is 16.7 Å². The van der Waals surface area contributed by atoms with Gasteiger partial charge in [-0.05, 0) is 40.1 Å². The number of hydrogen-bond acceptors (Lipinski definition) is 3. The third-order valence-corrected chi connectivity index (χ3v) is 3.09. The van der Waals surface area contributed by atoms with E-state index in [1.807, 2.05) is 24.3 Å². The highest BCUT2D eigenvalue weighted by Gasteiger charge is 2.06. The lowest BCUT2D eigenvalue weighted by Crippen LogP contribution is -1.89. The third kappa shape index (κ3) is 2.64. The van der Waals surface area contributed by atoms with Crippen molar-refractivity contribution in [3.8, 4) is 0 Å². The first-order chi connectivity index (χ1) is 9.83. The van der Waals surface area contributed by atoms with Crippen LogP contribution in [0.4, 0.5) is 0 Å². The summed E-state index contributed by atoms with van der Waals surface area (Å²) in [6.07, 6.45) is 1.96. The van der Waals surface area contributed by atoms with E-state index in [4.69, 9.17) is 0 Å². The summed E-state index contributed by atoms with van der Waals surface area (Å²) in [5.41, 5.74) is 4.59. The van der Waals surface area contributed by atoms with E-state index >= 15 is 0 Å². The summed E-state index contributed by atoms with van der Waals surface area (Å²) in [6, 6.07) is 18.6. The molecule has 0 saturated heterocycles. The summed E-state index contributed by atoms with van der Waals surface area (Å²) in [5.74, 6) is 0.643. The maximum atomic E-state index is 3.93. The first-order valence-electron chi connectivity index (χ1n) is 6.41. The van der Waals surface area contributed by atoms with Gasteiger partial charge >= 0.3 is 0 Å². The fourth-order valence-electron chi connectivity index (χ4n) is 2.05. The van der Waals surface area contributed by atoms with E-state index in [-0.39, 0.29) is 0 Å². The van der Waals surface area contributed by atoms with Crippen molar-refractivity contribution in [2.24, 2.45) is 0 Å². The first-order valence-corrected chi connectivity index (χ1v) is 6.41. The van der Waals surface area contributed by atoms with Crippen LogP contribution in [-0.2, 0) is 0 Å². The molecule has 0 aliphatic rings. The summed E-state index contributed by atoms with van der Waals surface area (Å²) >= 11 is 0. The molecular formula is C16H14N4. The molecule has 0 unspecified atom stereocenters. The number of H-pyrrole nitrogens is 1. The van der Waals surface area contributed by atoms with Crippen LogP contribution < -0.4 is 0 Å². The van der Waals surface area contributed by atoms with Gasteiger partial charge in [-0.1, -0.05) is 60.2 Å². The number of nitrogens with zero attached hydrogens (tertiary/aromatic N) is 3. The van der Waals surface area contributed by atoms with E-state index < -0.39 is 0 Å². The number of aromatic amines is 1. The maximum Gasteiger partial charge on any atom is 0.172 e. The Bertz CT molecular complexity index is 698. The number of nitrogens with one attached hydrogen (secondary N) is 1. The van der Waals surface area contributed by atoms with Crippen LogP contribution in [0, 0.1) is 6.92 Å². The van der Waals surface area contributed by atoms with E-state index in [2.05, 4.69) is 63.9 Å². The summed E-state index contributed by atoms with van der Waals surface area (Å²) in [5, 5.41) is 13.9. The zero-order valence-electron chi connectivity index (χ0n) is 11.1. The second-order valence-corrected chi connectivity index (χ2v) is 4.58. The van der Waals surface area contributed by atoms with Gasteiger partial charge < -0.3 is 0 Å². The lowest BCUT2D eigenvalue weighted by Gasteiger charge is -2.08. The Balaban J connectivity index is 2.11. The summed E-state index contributed by atoms with van der Waals surface area (Å²) in [7, 11) is 0. The fraction of sp³-hybridized carbons (Fsp3) is 0.0625. The minimum Gasteiger partial charge on any atom is -0.239 e. The number of hydrogen-bond donors (Lipinski definition) is 1. The zero-order chi connectivity index (χ0) is 13.8. The monoisotopic (exact) mass is 262 g/mol. The number of rotatable bonds is 3. The second kappa shape index (κ2) is 5.48. The smallest absolute Gasteiger partial charge is 0.172 e. The molecule has 1 N–H and O–H groups in total. The molecule has 3 rings (SSSR count). The number of aromatic nitrogens is 4. The van der Waals surface area contributed by atoms with Gasteiger partial charge in [0.05, 0.1) is 0 Å². The van der Waals surface area contributed by atoms with Crippen molar-refractivity contribution in [3.05, 3.63) is 77.1 Å². The van der Waals surface area contributed by atoms with Crippen molar-refractivity contribution in [1.29, 1.82) is 0 Å². The molecule has 4 nitrogen and oxygen atoms in total. The summed E-state index contributed by atoms with van der Waals surface area (Å²) < 4.78 is 0. The molecule has 0 fully saturated rings. The van der Waals surface area contributed by atoms with Gasteiger partial charge in [-0.25, -0.2) is 5.10 Å². The van der Waals surface area contributed by atoms with E-state index in [1.54, 1.807) is 0 Å². The van der Waals surface area contributed by atoms with Gasteiger partial charge in [0.1, 0.15) is 0 Å². The van der Waals surface area contributed by atoms with Crippen LogP contribution in [0.25, 0.3) is 11.6 Å². The van der Waals surface area contributed by atoms with Gasteiger partial charge in [-0.3, -0.25) is 0 Å². The number of aryl methyl sites for hydroxylation is 1. The molecular weight excluding hydrogens is 248 g/mol. The quantitative estimate of drug-likeness (QED) is 0.789. The van der Waals surface area contributed by atoms with Gasteiger partial charge in [0.25, 0.3) is 0 Å². The highest BCUT2D eigenvalue weighted by atomic mass is 15.5. The minimum absolute atomic E-state index is 0.643. The van der Waals surface area contributed by atoms with Gasteiger partial charge in [0.2, 0.25) is 0 Å². The fourth-order valence-corrected chi connectivity index (χ4v) is 2.05. The third-order valence-electron chi connectivity index (χ3n) is 3.09. The summed E-state index contributed by atoms with van der Waals surface area (Å²) in [4.78, 5) is 0. The molecule has 0 aliphatic carbocycles. The lowest BCUT2D eigenvalue weighted by molar-refractivity contribution is 0.881. The average molecular weight is 262 g/mol. The molecule has 0 amide bonds. The molecule has 0 aliphatic heterocycles. The Morgan fingerprint density at radius 1 is 0.950 bits per heavy atom. The van der Waals surface area contributed by atoms with E-state index in [1.165, 1.54) is 5.56 Å². The Labute approximate surface area is 117 Å². The van der Waals surface area contributed by atoms with E-state index in [9.17, 15) is 0 Å². The number of benzene rings is 2. The SMILES string of the molecule is Cc1ccc(/C(=C/c2nnn[nH]2)c2ccccc2)cc1. The van der Waals surface area contributed by atoms with Crippen molar-refractivity contribution >= 4 is 11.6 Å². The molecule has 1 heterocycles. The van der Waals surface area contributed by atoms with Crippen molar-refractivity contribution in [2.75, 3.05) is 0 Å². The van der Waals surface area contributed by atoms with Crippen LogP contribution in [0.5, 0.6) is 0 Å². The normalized spacial score (nSPS) is 11.6. The van der Waals surface area contributed by atoms with Crippen molar-refractivity contribution in [3.63, 3.8) is 0 Å². The van der Waals surface area contributed by atoms with Gasteiger partial charge in [0.15, 0.2) is 5.82 Å². The predicted molar refractivity (Wildman–Crippen MR) is 78.8 cm³/mol. The Morgan fingerprint density at radius 3 is 2.30 bits per heavy atom. The van der Waals surface area contributed by atoms with E-state index in [0.29, 0.717) is 5.82 Å². The van der Waals surface area contributed by atoms with Gasteiger partial charge in [-0.2, -0.15) is 0 Å². The number of tetrazole rings is 1. The van der Waals surface area contributed by atoms with Crippen LogP contribution in [0.15, 0.2) is 54.6 Å². The van der Waals surface area contributed by atoms with Gasteiger partial charge in [0, 0.05) is 0 Å². The van der Waals surface area contributed by atoms with Crippen molar-refractivity contribution in [1.82, 2.24) is 20.6 Å². The highest BCUT2D eigenvalue weighted by Crippen LogP contribution is 2.25. The molecule has 3 aromatic rings. The Morgan fingerprint density at radius 2 is 1.65 bits per heavy atom. The minimum atomic E-state index is 0.643. The van der Waals surface area contributed by atoms with Crippen LogP contribution in [0.3, 0.4) is 0 Å². The molecule has 0 radical (unpaired) electrons. The molecule has 98 valence electrons. The Hall–Kier alpha value is -2.75. The molecule has 1 aromatic heterocycles. The molecule has 0 spiro atoms. The standard InChI is InChI=1S/C16H14N4/c1-12-7-9-14(10-8-12)15(11-16-17-19-20-18-16)13-5-3-2-4-6-13/h2-11H,1H3,(H,17,18,19,20)/b15-11+. The van der Waals surface area contributed by atoms with Crippen LogP contribution in [0.2, 0.25) is 0 Å². The molecule has 4 heteroatoms. The average Bonchev–Trinajstić information content (AvgIpc) is 3.00. The highest BCUT2D eigenvalue weighted by molar-refractivity contribution is 5.90. The summed E-state index contributed by atoms with van der Waals surface area (Å²) in [6.45, 7) is 2.08. The second-order valence-electron chi connectivity index (χ2n) is 4.58. The lowest BCUT2D eigenvalue weighted by atomic mass is 9.97. The molecule has 0 saturated carbocycles. The molecule has 0 atom stereocenters. The van der Waals surface area contributed by atoms with Crippen LogP contribution in [0.1, 0.15) is 22.5 Å². The first kappa shape index (κ1) is 12.3. The van der Waals surface area contributed by atoms with Crippen molar-refractivity contribution in [2.45, 2.75) is 6.92 Å². The van der Waals surface area contributed by atoms with Crippen molar-refractivity contribution < 1.29 is 0 Å².